The van der Waals surface area contributed by atoms with Crippen molar-refractivity contribution < 1.29 is 24.2 Å². The summed E-state index contributed by atoms with van der Waals surface area (Å²) in [7, 11) is 0. The average Bonchev–Trinajstić information content (AvgIpc) is 3.82. The third-order valence-electron chi connectivity index (χ3n) is 9.87. The van der Waals surface area contributed by atoms with E-state index in [1.54, 1.807) is 31.5 Å². The fourth-order valence-electron chi connectivity index (χ4n) is 8.00. The van der Waals surface area contributed by atoms with E-state index in [1.165, 1.54) is 0 Å². The molecule has 6 rings (SSSR count). The van der Waals surface area contributed by atoms with Gasteiger partial charge < -0.3 is 24.5 Å². The Morgan fingerprint density at radius 3 is 2.47 bits per heavy atom. The van der Waals surface area contributed by atoms with Crippen LogP contribution in [-0.4, -0.2) is 96.0 Å². The Labute approximate surface area is 275 Å². The monoisotopic (exact) mass is 640 g/mol. The lowest BCUT2D eigenvalue weighted by Crippen LogP contribution is -2.59. The molecule has 2 bridgehead atoms. The minimum atomic E-state index is -1.21. The van der Waals surface area contributed by atoms with E-state index < -0.39 is 35.6 Å². The van der Waals surface area contributed by atoms with Crippen molar-refractivity contribution in [3.05, 3.63) is 85.5 Å². The number of benzene rings is 2. The van der Waals surface area contributed by atoms with Gasteiger partial charge in [0.15, 0.2) is 0 Å². The molecule has 3 aromatic rings. The quantitative estimate of drug-likeness (QED) is 0.268. The highest BCUT2D eigenvalue weighted by atomic mass is 16.5. The highest BCUT2D eigenvalue weighted by molar-refractivity contribution is 5.99. The van der Waals surface area contributed by atoms with Crippen molar-refractivity contribution >= 4 is 28.8 Å². The van der Waals surface area contributed by atoms with Crippen LogP contribution < -0.4 is 0 Å². The largest absolute Gasteiger partial charge is 0.394 e. The van der Waals surface area contributed by atoms with Gasteiger partial charge in [-0.1, -0.05) is 73.7 Å². The number of fused-ring (bicyclic) bond motifs is 2. The van der Waals surface area contributed by atoms with Crippen LogP contribution in [0.2, 0.25) is 0 Å². The van der Waals surface area contributed by atoms with Gasteiger partial charge in [0, 0.05) is 19.6 Å². The maximum atomic E-state index is 14.9. The second-order valence-corrected chi connectivity index (χ2v) is 13.3. The summed E-state index contributed by atoms with van der Waals surface area (Å²) in [6, 6.07) is 15.6. The van der Waals surface area contributed by atoms with Gasteiger partial charge in [-0.2, -0.15) is 0 Å². The van der Waals surface area contributed by atoms with Crippen molar-refractivity contribution in [2.24, 2.45) is 17.8 Å². The molecule has 3 aliphatic heterocycles. The van der Waals surface area contributed by atoms with Crippen LogP contribution in [-0.2, 0) is 32.3 Å². The van der Waals surface area contributed by atoms with E-state index in [2.05, 4.69) is 23.5 Å². The number of para-hydroxylation sites is 1. The number of hydrogen-bond acceptors (Lipinski definition) is 7. The standard InChI is InChI=1S/C36H44N6O5/c1-5-18-39(21-25-12-8-7-9-13-25)33(44)30-29-16-17-36(47-29)31(30)34(45)42(26(22-43)20-24(3)4)32(36)35(46)40(19-6-2)23-41-28-15-11-10-14-27(28)37-38-41/h5-15,24,26,29-32,43H,1-2,16-23H2,3-4H3/t26-,29+,30-,31+,32?,36?/m1/s1. The maximum Gasteiger partial charge on any atom is 0.250 e. The van der Waals surface area contributed by atoms with Crippen LogP contribution in [0.1, 0.15) is 38.7 Å². The van der Waals surface area contributed by atoms with Crippen molar-refractivity contribution in [2.75, 3.05) is 19.7 Å². The second-order valence-electron chi connectivity index (χ2n) is 13.3. The molecular weight excluding hydrogens is 596 g/mol. The zero-order valence-corrected chi connectivity index (χ0v) is 27.1. The van der Waals surface area contributed by atoms with Crippen LogP contribution in [0, 0.1) is 17.8 Å². The molecule has 11 nitrogen and oxygen atoms in total. The normalized spacial score (nSPS) is 25.3. The number of aliphatic hydroxyl groups excluding tert-OH is 1. The molecule has 1 aromatic heterocycles. The van der Waals surface area contributed by atoms with E-state index in [0.29, 0.717) is 37.9 Å². The number of aromatic nitrogens is 3. The lowest BCUT2D eigenvalue weighted by molar-refractivity contribution is -0.153. The molecule has 1 spiro atoms. The number of rotatable bonds is 14. The first-order valence-corrected chi connectivity index (χ1v) is 16.5. The van der Waals surface area contributed by atoms with Crippen LogP contribution in [0.3, 0.4) is 0 Å². The zero-order valence-electron chi connectivity index (χ0n) is 27.1. The van der Waals surface area contributed by atoms with Gasteiger partial charge in [0.2, 0.25) is 17.7 Å². The van der Waals surface area contributed by atoms with E-state index >= 15 is 0 Å². The molecule has 4 heterocycles. The Hall–Kier alpha value is -4.35. The number of ether oxygens (including phenoxy) is 1. The Balaban J connectivity index is 1.38. The summed E-state index contributed by atoms with van der Waals surface area (Å²) < 4.78 is 8.39. The SMILES string of the molecule is C=CCN(Cn1nnc2ccccc21)C(=O)C1N([C@@H](CO)CC(C)C)C(=O)[C@@H]2[C@H](C(=O)N(CC=C)Cc3ccccc3)[C@@H]3CCC12O3. The van der Waals surface area contributed by atoms with Crippen molar-refractivity contribution in [2.45, 2.75) is 70.1 Å². The van der Waals surface area contributed by atoms with Crippen molar-refractivity contribution in [3.63, 3.8) is 0 Å². The molecular formula is C36H44N6O5. The Morgan fingerprint density at radius 1 is 1.06 bits per heavy atom. The van der Waals surface area contributed by atoms with Gasteiger partial charge in [-0.3, -0.25) is 14.4 Å². The predicted molar refractivity (Wildman–Crippen MR) is 176 cm³/mol. The molecule has 3 fully saturated rings. The summed E-state index contributed by atoms with van der Waals surface area (Å²) in [6.45, 7) is 12.4. The highest BCUT2D eigenvalue weighted by Gasteiger charge is 2.75. The maximum absolute atomic E-state index is 14.9. The van der Waals surface area contributed by atoms with E-state index in [9.17, 15) is 19.5 Å². The number of hydrogen-bond donors (Lipinski definition) is 1. The average molecular weight is 641 g/mol. The van der Waals surface area contributed by atoms with Crippen molar-refractivity contribution in [3.8, 4) is 0 Å². The topological polar surface area (TPSA) is 121 Å². The number of carbonyl (C=O) groups excluding carboxylic acids is 3. The Morgan fingerprint density at radius 2 is 1.77 bits per heavy atom. The van der Waals surface area contributed by atoms with Gasteiger partial charge >= 0.3 is 0 Å². The number of carbonyl (C=O) groups is 3. The summed E-state index contributed by atoms with van der Waals surface area (Å²) >= 11 is 0. The molecule has 2 aromatic carbocycles. The summed E-state index contributed by atoms with van der Waals surface area (Å²) in [5.41, 5.74) is 1.22. The number of amides is 3. The molecule has 3 aliphatic rings. The second kappa shape index (κ2) is 13.4. The smallest absolute Gasteiger partial charge is 0.250 e. The van der Waals surface area contributed by atoms with E-state index in [4.69, 9.17) is 4.74 Å². The van der Waals surface area contributed by atoms with Gasteiger partial charge in [-0.15, -0.1) is 18.3 Å². The molecule has 11 heteroatoms. The molecule has 0 radical (unpaired) electrons. The first-order valence-electron chi connectivity index (χ1n) is 16.5. The summed E-state index contributed by atoms with van der Waals surface area (Å²) in [5.74, 6) is -2.30. The third-order valence-corrected chi connectivity index (χ3v) is 9.87. The summed E-state index contributed by atoms with van der Waals surface area (Å²) in [6.07, 6.45) is 4.32. The van der Waals surface area contributed by atoms with Crippen molar-refractivity contribution in [1.29, 1.82) is 0 Å². The van der Waals surface area contributed by atoms with Gasteiger partial charge in [0.1, 0.15) is 23.8 Å². The minimum Gasteiger partial charge on any atom is -0.394 e. The molecule has 0 saturated carbocycles. The van der Waals surface area contributed by atoms with Crippen LogP contribution in [0.4, 0.5) is 0 Å². The molecule has 47 heavy (non-hydrogen) atoms. The predicted octanol–water partition coefficient (Wildman–Crippen LogP) is 3.40. The fraction of sp³-hybridized carbons (Fsp3) is 0.472. The van der Waals surface area contributed by atoms with Gasteiger partial charge in [0.25, 0.3) is 0 Å². The summed E-state index contributed by atoms with van der Waals surface area (Å²) in [5, 5.41) is 19.2. The molecule has 1 N–H and O–H groups in total. The Bertz CT molecular complexity index is 1640. The number of likely N-dealkylation sites (tertiary alicyclic amines) is 1. The molecule has 0 aliphatic carbocycles. The first kappa shape index (κ1) is 32.6. The zero-order chi connectivity index (χ0) is 33.3. The molecule has 3 saturated heterocycles. The molecule has 6 atom stereocenters. The fourth-order valence-corrected chi connectivity index (χ4v) is 8.00. The molecule has 248 valence electrons. The van der Waals surface area contributed by atoms with Crippen LogP contribution in [0.5, 0.6) is 0 Å². The van der Waals surface area contributed by atoms with Gasteiger partial charge in [-0.25, -0.2) is 4.68 Å². The third kappa shape index (κ3) is 5.76. The van der Waals surface area contributed by atoms with Gasteiger partial charge in [-0.05, 0) is 42.9 Å². The van der Waals surface area contributed by atoms with Gasteiger partial charge in [0.05, 0.1) is 36.1 Å². The van der Waals surface area contributed by atoms with E-state index in [1.807, 2.05) is 68.4 Å². The number of nitrogens with zero attached hydrogens (tertiary/aromatic N) is 6. The highest BCUT2D eigenvalue weighted by Crippen LogP contribution is 2.59. The number of aliphatic hydroxyl groups is 1. The van der Waals surface area contributed by atoms with Crippen LogP contribution in [0.15, 0.2) is 79.9 Å². The van der Waals surface area contributed by atoms with Crippen LogP contribution in [0.25, 0.3) is 11.0 Å². The summed E-state index contributed by atoms with van der Waals surface area (Å²) in [4.78, 5) is 48.9. The lowest BCUT2D eigenvalue weighted by atomic mass is 9.70. The first-order chi connectivity index (χ1) is 22.7. The minimum absolute atomic E-state index is 0.0780. The van der Waals surface area contributed by atoms with E-state index in [-0.39, 0.29) is 43.5 Å². The molecule has 3 amide bonds. The van der Waals surface area contributed by atoms with Crippen LogP contribution >= 0.6 is 0 Å². The van der Waals surface area contributed by atoms with Crippen molar-refractivity contribution in [1.82, 2.24) is 29.7 Å². The lowest BCUT2D eigenvalue weighted by Gasteiger charge is -2.39. The molecule has 2 unspecified atom stereocenters. The van der Waals surface area contributed by atoms with E-state index in [0.717, 1.165) is 11.1 Å². The Kier molecular flexibility index (Phi) is 9.29.